The molecule has 0 aromatic heterocycles. The topological polar surface area (TPSA) is 35.5 Å². The summed E-state index contributed by atoms with van der Waals surface area (Å²) >= 11 is 10.6. The van der Waals surface area contributed by atoms with E-state index < -0.39 is 0 Å². The number of phenols is 1. The summed E-state index contributed by atoms with van der Waals surface area (Å²) in [5, 5.41) is 13.6. The number of aromatic hydroxyl groups is 1. The zero-order valence-corrected chi connectivity index (χ0v) is 16.2. The van der Waals surface area contributed by atoms with Gasteiger partial charge >= 0.3 is 0 Å². The van der Waals surface area contributed by atoms with Crippen molar-refractivity contribution in [1.29, 1.82) is 0 Å². The van der Waals surface area contributed by atoms with Crippen molar-refractivity contribution >= 4 is 47.8 Å². The van der Waals surface area contributed by atoms with Crippen molar-refractivity contribution in [2.45, 2.75) is 25.8 Å². The van der Waals surface area contributed by atoms with E-state index in [9.17, 15) is 5.11 Å². The quantitative estimate of drug-likeness (QED) is 0.683. The minimum atomic E-state index is 0.277. The summed E-state index contributed by atoms with van der Waals surface area (Å²) < 4.78 is 2.53. The molecule has 1 aliphatic heterocycles. The largest absolute Gasteiger partial charge is 0.506 e. The van der Waals surface area contributed by atoms with E-state index in [-0.39, 0.29) is 5.75 Å². The van der Waals surface area contributed by atoms with Crippen LogP contribution in [0.3, 0.4) is 0 Å². The van der Waals surface area contributed by atoms with Crippen molar-refractivity contribution in [2.24, 2.45) is 0 Å². The van der Waals surface area contributed by atoms with E-state index in [2.05, 4.69) is 64.9 Å². The molecular weight excluding hydrogens is 452 g/mol. The van der Waals surface area contributed by atoms with Crippen LogP contribution in [0.25, 0.3) is 0 Å². The lowest BCUT2D eigenvalue weighted by atomic mass is 9.99. The zero-order valence-electron chi connectivity index (χ0n) is 11.4. The minimum absolute atomic E-state index is 0.277. The minimum Gasteiger partial charge on any atom is -0.506 e. The number of nitrogens with zero attached hydrogens (tertiary/aromatic N) is 1. The van der Waals surface area contributed by atoms with Gasteiger partial charge in [0.25, 0.3) is 0 Å². The predicted molar refractivity (Wildman–Crippen MR) is 93.3 cm³/mol. The molecule has 2 N–H and O–H groups in total. The third-order valence-corrected chi connectivity index (χ3v) is 5.73. The number of hydrogen-bond acceptors (Lipinski definition) is 3. The van der Waals surface area contributed by atoms with E-state index in [4.69, 9.17) is 0 Å². The van der Waals surface area contributed by atoms with Gasteiger partial charge in [-0.1, -0.05) is 29.3 Å². The van der Waals surface area contributed by atoms with Gasteiger partial charge in [0.05, 0.1) is 8.95 Å². The van der Waals surface area contributed by atoms with Gasteiger partial charge in [-0.05, 0) is 44.3 Å². The second kappa shape index (κ2) is 7.58. The standard InChI is InChI=1S/C14H19Br3N2O/c1-2-3-11(19-6-4-18-5-7-19)12-9(15)8-10(16)14(20)13(12)17/h8,11,18,20H,2-7H2,1H3/t11-/m1/s1. The first-order chi connectivity index (χ1) is 9.56. The molecule has 1 aliphatic rings. The Labute approximate surface area is 145 Å². The van der Waals surface area contributed by atoms with Gasteiger partial charge in [-0.3, -0.25) is 4.90 Å². The summed E-state index contributed by atoms with van der Waals surface area (Å²) in [4.78, 5) is 2.50. The molecule has 1 aromatic rings. The number of benzene rings is 1. The van der Waals surface area contributed by atoms with Gasteiger partial charge in [0, 0.05) is 42.3 Å². The fourth-order valence-electron chi connectivity index (χ4n) is 2.68. The highest BCUT2D eigenvalue weighted by molar-refractivity contribution is 9.11. The van der Waals surface area contributed by atoms with Crippen LogP contribution in [0.15, 0.2) is 19.5 Å². The molecule has 1 aromatic carbocycles. The van der Waals surface area contributed by atoms with E-state index in [1.54, 1.807) is 0 Å². The summed E-state index contributed by atoms with van der Waals surface area (Å²) in [6, 6.07) is 2.25. The number of rotatable bonds is 4. The number of halogens is 3. The summed E-state index contributed by atoms with van der Waals surface area (Å²) in [6.07, 6.45) is 2.20. The Bertz CT molecular complexity index is 476. The first-order valence-corrected chi connectivity index (χ1v) is 9.25. The summed E-state index contributed by atoms with van der Waals surface area (Å²) in [7, 11) is 0. The average molecular weight is 471 g/mol. The van der Waals surface area contributed by atoms with Gasteiger partial charge in [0.2, 0.25) is 0 Å². The molecule has 0 radical (unpaired) electrons. The lowest BCUT2D eigenvalue weighted by Gasteiger charge is -2.36. The van der Waals surface area contributed by atoms with Gasteiger partial charge in [-0.15, -0.1) is 0 Å². The van der Waals surface area contributed by atoms with Crippen molar-refractivity contribution in [3.63, 3.8) is 0 Å². The smallest absolute Gasteiger partial charge is 0.144 e. The van der Waals surface area contributed by atoms with Crippen LogP contribution >= 0.6 is 47.8 Å². The molecule has 1 fully saturated rings. The predicted octanol–water partition coefficient (Wildman–Crippen LogP) is 4.43. The number of piperazine rings is 1. The SMILES string of the molecule is CCC[C@H](c1c(Br)cc(Br)c(O)c1Br)N1CCNCC1. The van der Waals surface area contributed by atoms with Crippen molar-refractivity contribution in [2.75, 3.05) is 26.2 Å². The lowest BCUT2D eigenvalue weighted by molar-refractivity contribution is 0.163. The van der Waals surface area contributed by atoms with Crippen molar-refractivity contribution in [1.82, 2.24) is 10.2 Å². The molecule has 1 saturated heterocycles. The summed E-state index contributed by atoms with van der Waals surface area (Å²) in [5.41, 5.74) is 1.15. The highest BCUT2D eigenvalue weighted by Crippen LogP contribution is 2.44. The highest BCUT2D eigenvalue weighted by atomic mass is 79.9. The van der Waals surface area contributed by atoms with Gasteiger partial charge < -0.3 is 10.4 Å². The molecule has 0 bridgehead atoms. The molecule has 0 unspecified atom stereocenters. The van der Waals surface area contributed by atoms with E-state index in [1.165, 1.54) is 0 Å². The van der Waals surface area contributed by atoms with Gasteiger partial charge in [0.15, 0.2) is 0 Å². The third kappa shape index (κ3) is 3.58. The van der Waals surface area contributed by atoms with Gasteiger partial charge in [-0.2, -0.15) is 0 Å². The Kier molecular flexibility index (Phi) is 6.35. The van der Waals surface area contributed by atoms with E-state index >= 15 is 0 Å². The molecule has 0 amide bonds. The van der Waals surface area contributed by atoms with E-state index in [0.29, 0.717) is 10.5 Å². The summed E-state index contributed by atoms with van der Waals surface area (Å²) in [5.74, 6) is 0.277. The molecule has 0 aliphatic carbocycles. The Morgan fingerprint density at radius 1 is 1.25 bits per heavy atom. The first kappa shape index (κ1) is 16.7. The maximum absolute atomic E-state index is 10.2. The second-order valence-corrected chi connectivity index (χ2v) is 7.51. The van der Waals surface area contributed by atoms with Crippen LogP contribution in [-0.4, -0.2) is 36.2 Å². The monoisotopic (exact) mass is 468 g/mol. The molecule has 112 valence electrons. The van der Waals surface area contributed by atoms with Crippen LogP contribution in [0.5, 0.6) is 5.75 Å². The van der Waals surface area contributed by atoms with Crippen LogP contribution in [0.4, 0.5) is 0 Å². The molecule has 3 nitrogen and oxygen atoms in total. The molecule has 2 rings (SSSR count). The van der Waals surface area contributed by atoms with Crippen LogP contribution in [0.1, 0.15) is 31.4 Å². The maximum Gasteiger partial charge on any atom is 0.144 e. The fraction of sp³-hybridized carbons (Fsp3) is 0.571. The average Bonchev–Trinajstić information content (AvgIpc) is 2.45. The zero-order chi connectivity index (χ0) is 14.7. The van der Waals surface area contributed by atoms with Crippen LogP contribution in [0, 0.1) is 0 Å². The van der Waals surface area contributed by atoms with Gasteiger partial charge in [0.1, 0.15) is 5.75 Å². The van der Waals surface area contributed by atoms with Gasteiger partial charge in [-0.25, -0.2) is 0 Å². The molecule has 0 spiro atoms. The van der Waals surface area contributed by atoms with Crippen molar-refractivity contribution in [3.8, 4) is 5.75 Å². The Hall–Kier alpha value is 0.380. The molecule has 1 heterocycles. The van der Waals surface area contributed by atoms with E-state index in [0.717, 1.165) is 53.5 Å². The number of nitrogens with one attached hydrogen (secondary N) is 1. The fourth-order valence-corrected chi connectivity index (χ4v) is 5.33. The summed E-state index contributed by atoms with van der Waals surface area (Å²) in [6.45, 7) is 6.34. The molecule has 1 atom stereocenters. The third-order valence-electron chi connectivity index (χ3n) is 3.67. The molecule has 0 saturated carbocycles. The number of hydrogen-bond donors (Lipinski definition) is 2. The Balaban J connectivity index is 2.40. The van der Waals surface area contributed by atoms with Crippen molar-refractivity contribution < 1.29 is 5.11 Å². The molecular formula is C14H19Br3N2O. The van der Waals surface area contributed by atoms with Crippen LogP contribution in [0.2, 0.25) is 0 Å². The first-order valence-electron chi connectivity index (χ1n) is 6.87. The van der Waals surface area contributed by atoms with Crippen LogP contribution in [-0.2, 0) is 0 Å². The second-order valence-electron chi connectivity index (χ2n) is 5.01. The lowest BCUT2D eigenvalue weighted by Crippen LogP contribution is -2.45. The number of phenolic OH excluding ortho intramolecular Hbond substituents is 1. The highest BCUT2D eigenvalue weighted by Gasteiger charge is 2.27. The van der Waals surface area contributed by atoms with Crippen LogP contribution < -0.4 is 5.32 Å². The molecule has 6 heteroatoms. The van der Waals surface area contributed by atoms with Crippen molar-refractivity contribution in [3.05, 3.63) is 25.0 Å². The Morgan fingerprint density at radius 2 is 1.90 bits per heavy atom. The Morgan fingerprint density at radius 3 is 2.50 bits per heavy atom. The normalized spacial score (nSPS) is 18.2. The van der Waals surface area contributed by atoms with E-state index in [1.807, 2.05) is 6.07 Å². The maximum atomic E-state index is 10.2. The molecule has 20 heavy (non-hydrogen) atoms.